The first-order valence-corrected chi connectivity index (χ1v) is 10.3. The molecule has 3 amide bonds. The summed E-state index contributed by atoms with van der Waals surface area (Å²) < 4.78 is 1.17. The number of nitrogens with one attached hydrogen (secondary N) is 3. The van der Waals surface area contributed by atoms with Gasteiger partial charge in [-0.1, -0.05) is 19.9 Å². The molecule has 1 atom stereocenters. The van der Waals surface area contributed by atoms with Crippen molar-refractivity contribution in [3.8, 4) is 5.75 Å². The third-order valence-electron chi connectivity index (χ3n) is 4.93. The Balaban J connectivity index is 2.33. The van der Waals surface area contributed by atoms with Gasteiger partial charge in [0.1, 0.15) is 23.9 Å². The molecule has 0 aliphatic carbocycles. The molecule has 33 heavy (non-hydrogen) atoms. The molecular weight excluding hydrogens is 432 g/mol. The lowest BCUT2D eigenvalue weighted by Crippen LogP contribution is -2.46. The van der Waals surface area contributed by atoms with Crippen LogP contribution in [0.1, 0.15) is 43.1 Å². The Morgan fingerprint density at radius 3 is 2.36 bits per heavy atom. The molecule has 178 valence electrons. The topological polar surface area (TPSA) is 167 Å². The monoisotopic (exact) mass is 460 g/mol. The molecule has 0 bridgehead atoms. The van der Waals surface area contributed by atoms with E-state index in [2.05, 4.69) is 16.0 Å². The number of amides is 3. The van der Waals surface area contributed by atoms with Crippen molar-refractivity contribution in [3.63, 3.8) is 0 Å². The fourth-order valence-corrected chi connectivity index (χ4v) is 3.40. The summed E-state index contributed by atoms with van der Waals surface area (Å²) in [6, 6.07) is 4.05. The minimum Gasteiger partial charge on any atom is -0.506 e. The summed E-state index contributed by atoms with van der Waals surface area (Å²) in [4.78, 5) is 59.5. The second-order valence-electron chi connectivity index (χ2n) is 8.12. The number of carbonyl (C=O) groups is 4. The molecule has 1 heterocycles. The number of benzene rings is 1. The minimum atomic E-state index is -1.30. The highest BCUT2D eigenvalue weighted by molar-refractivity contribution is 6.03. The molecule has 5 N–H and O–H groups in total. The zero-order valence-electron chi connectivity index (χ0n) is 18.9. The number of aryl methyl sites for hydroxylation is 1. The first-order valence-electron chi connectivity index (χ1n) is 10.3. The molecule has 2 rings (SSSR count). The lowest BCUT2D eigenvalue weighted by Gasteiger charge is -2.19. The molecule has 0 aliphatic heterocycles. The van der Waals surface area contributed by atoms with E-state index in [-0.39, 0.29) is 29.7 Å². The smallest absolute Gasteiger partial charge is 0.322 e. The lowest BCUT2D eigenvalue weighted by molar-refractivity contribution is -0.135. The maximum Gasteiger partial charge on any atom is 0.322 e. The Hall–Kier alpha value is -3.89. The van der Waals surface area contributed by atoms with Crippen molar-refractivity contribution < 1.29 is 29.4 Å². The van der Waals surface area contributed by atoms with Gasteiger partial charge in [-0.2, -0.15) is 0 Å². The van der Waals surface area contributed by atoms with E-state index in [9.17, 15) is 29.1 Å². The van der Waals surface area contributed by atoms with Crippen molar-refractivity contribution in [2.45, 2.75) is 39.8 Å². The van der Waals surface area contributed by atoms with Gasteiger partial charge in [-0.15, -0.1) is 0 Å². The van der Waals surface area contributed by atoms with Gasteiger partial charge in [-0.3, -0.25) is 24.0 Å². The van der Waals surface area contributed by atoms with Gasteiger partial charge < -0.3 is 30.7 Å². The van der Waals surface area contributed by atoms with Crippen molar-refractivity contribution in [2.24, 2.45) is 13.0 Å². The number of aromatic nitrogens is 1. The maximum atomic E-state index is 12.6. The van der Waals surface area contributed by atoms with Gasteiger partial charge in [0.25, 0.3) is 11.5 Å². The average Bonchev–Trinajstić information content (AvgIpc) is 2.73. The van der Waals surface area contributed by atoms with Gasteiger partial charge >= 0.3 is 5.97 Å². The highest BCUT2D eigenvalue weighted by atomic mass is 16.4. The largest absolute Gasteiger partial charge is 0.506 e. The number of rotatable bonds is 9. The van der Waals surface area contributed by atoms with Crippen LogP contribution in [0.5, 0.6) is 5.75 Å². The van der Waals surface area contributed by atoms with E-state index in [1.807, 2.05) is 13.8 Å². The SMILES string of the molecule is CC(=O)N[C@H](CC(C)C)C(=O)NCc1ccc2c(c1)c(O)c(C(=O)NCC(=O)O)c(=O)n2C. The number of hydrogen-bond donors (Lipinski definition) is 5. The van der Waals surface area contributed by atoms with E-state index >= 15 is 0 Å². The van der Waals surface area contributed by atoms with Gasteiger partial charge in [0.2, 0.25) is 11.8 Å². The first-order chi connectivity index (χ1) is 15.4. The molecule has 0 unspecified atom stereocenters. The number of carbonyl (C=O) groups excluding carboxylic acids is 3. The second kappa shape index (κ2) is 10.6. The van der Waals surface area contributed by atoms with Crippen LogP contribution in [0.4, 0.5) is 0 Å². The van der Waals surface area contributed by atoms with Crippen LogP contribution in [0.25, 0.3) is 10.9 Å². The van der Waals surface area contributed by atoms with E-state index < -0.39 is 41.3 Å². The molecule has 0 aliphatic rings. The van der Waals surface area contributed by atoms with E-state index in [0.29, 0.717) is 17.5 Å². The summed E-state index contributed by atoms with van der Waals surface area (Å²) in [7, 11) is 1.42. The number of nitrogens with zero attached hydrogens (tertiary/aromatic N) is 1. The van der Waals surface area contributed by atoms with E-state index in [0.717, 1.165) is 0 Å². The Morgan fingerprint density at radius 2 is 1.79 bits per heavy atom. The molecule has 11 nitrogen and oxygen atoms in total. The second-order valence-corrected chi connectivity index (χ2v) is 8.12. The molecule has 0 radical (unpaired) electrons. The minimum absolute atomic E-state index is 0.0752. The predicted octanol–water partition coefficient (Wildman–Crippen LogP) is 0.226. The van der Waals surface area contributed by atoms with Crippen LogP contribution in [0.3, 0.4) is 0 Å². The third-order valence-corrected chi connectivity index (χ3v) is 4.93. The van der Waals surface area contributed by atoms with Gasteiger partial charge in [0.05, 0.1) is 5.52 Å². The van der Waals surface area contributed by atoms with Crippen LogP contribution in [0.15, 0.2) is 23.0 Å². The number of hydrogen-bond acceptors (Lipinski definition) is 6. The van der Waals surface area contributed by atoms with Crippen molar-refractivity contribution in [2.75, 3.05) is 6.54 Å². The zero-order chi connectivity index (χ0) is 24.9. The molecule has 2 aromatic rings. The third kappa shape index (κ3) is 6.31. The molecule has 1 aromatic carbocycles. The van der Waals surface area contributed by atoms with Crippen molar-refractivity contribution in [1.29, 1.82) is 0 Å². The number of aliphatic carboxylic acids is 1. The van der Waals surface area contributed by atoms with E-state index in [1.54, 1.807) is 12.1 Å². The number of carboxylic acid groups (broad SMARTS) is 1. The highest BCUT2D eigenvalue weighted by Crippen LogP contribution is 2.27. The molecule has 1 aromatic heterocycles. The number of carboxylic acids is 1. The van der Waals surface area contributed by atoms with E-state index in [1.165, 1.54) is 24.6 Å². The van der Waals surface area contributed by atoms with E-state index in [4.69, 9.17) is 5.11 Å². The standard InChI is InChI=1S/C22H28N4O7/c1-11(2)7-15(25-12(3)27)20(31)23-9-13-5-6-16-14(8-13)19(30)18(22(33)26(16)4)21(32)24-10-17(28)29/h5-6,8,11,15,30H,7,9-10H2,1-4H3,(H,23,31)(H,24,32)(H,25,27)(H,28,29)/t15-/m1/s1. The number of aromatic hydroxyl groups is 1. The Kier molecular flexibility index (Phi) is 8.16. The van der Waals surface area contributed by atoms with Gasteiger partial charge in [0, 0.05) is 25.9 Å². The molecular formula is C22H28N4O7. The first kappa shape index (κ1) is 25.4. The number of fused-ring (bicyclic) bond motifs is 1. The summed E-state index contributed by atoms with van der Waals surface area (Å²) in [6.07, 6.45) is 0.459. The van der Waals surface area contributed by atoms with Crippen LogP contribution >= 0.6 is 0 Å². The van der Waals surface area contributed by atoms with Crippen LogP contribution in [0.2, 0.25) is 0 Å². The van der Waals surface area contributed by atoms with Gasteiger partial charge in [0.15, 0.2) is 0 Å². The van der Waals surface area contributed by atoms with Crippen LogP contribution < -0.4 is 21.5 Å². The Morgan fingerprint density at radius 1 is 1.12 bits per heavy atom. The summed E-state index contributed by atoms with van der Waals surface area (Å²) in [5, 5.41) is 27.0. The highest BCUT2D eigenvalue weighted by Gasteiger charge is 2.23. The summed E-state index contributed by atoms with van der Waals surface area (Å²) in [5.74, 6) is -3.40. The Bertz CT molecular complexity index is 1150. The summed E-state index contributed by atoms with van der Waals surface area (Å²) >= 11 is 0. The molecule has 0 saturated heterocycles. The van der Waals surface area contributed by atoms with Gasteiger partial charge in [-0.05, 0) is 30.0 Å². The summed E-state index contributed by atoms with van der Waals surface area (Å²) in [5.41, 5.74) is -0.433. The van der Waals surface area contributed by atoms with Crippen LogP contribution in [-0.4, -0.2) is 51.1 Å². The quantitative estimate of drug-likeness (QED) is 0.357. The molecule has 0 saturated carbocycles. The zero-order valence-corrected chi connectivity index (χ0v) is 18.9. The van der Waals surface area contributed by atoms with Gasteiger partial charge in [-0.25, -0.2) is 0 Å². The molecule has 0 fully saturated rings. The normalized spacial score (nSPS) is 11.8. The van der Waals surface area contributed by atoms with Crippen LogP contribution in [0, 0.1) is 5.92 Å². The van der Waals surface area contributed by atoms with Crippen molar-refractivity contribution in [3.05, 3.63) is 39.7 Å². The fraction of sp³-hybridized carbons (Fsp3) is 0.409. The lowest BCUT2D eigenvalue weighted by atomic mass is 10.0. The summed E-state index contributed by atoms with van der Waals surface area (Å²) in [6.45, 7) is 4.57. The molecule has 0 spiro atoms. The van der Waals surface area contributed by atoms with Crippen molar-refractivity contribution >= 4 is 34.6 Å². The van der Waals surface area contributed by atoms with Crippen LogP contribution in [-0.2, 0) is 28.0 Å². The Labute approximate surface area is 189 Å². The fourth-order valence-electron chi connectivity index (χ4n) is 3.40. The maximum absolute atomic E-state index is 12.6. The number of pyridine rings is 1. The average molecular weight is 460 g/mol. The molecule has 11 heteroatoms. The predicted molar refractivity (Wildman–Crippen MR) is 120 cm³/mol. The van der Waals surface area contributed by atoms with Crippen molar-refractivity contribution in [1.82, 2.24) is 20.5 Å².